The zero-order valence-corrected chi connectivity index (χ0v) is 19.3. The second-order valence-corrected chi connectivity index (χ2v) is 9.62. The maximum Gasteiger partial charge on any atom is 0.236 e. The molecule has 10 heteroatoms. The molecular formula is C21H22N6O2S2. The lowest BCUT2D eigenvalue weighted by Crippen LogP contribution is -2.15. The monoisotopic (exact) mass is 454 g/mol. The Morgan fingerprint density at radius 3 is 2.68 bits per heavy atom. The number of rotatable bonds is 6. The Morgan fingerprint density at radius 2 is 2.00 bits per heavy atom. The number of aromatic nitrogens is 5. The van der Waals surface area contributed by atoms with Gasteiger partial charge in [0.2, 0.25) is 5.91 Å². The second kappa shape index (κ2) is 8.64. The number of nitrogens with zero attached hydrogens (tertiary/aromatic N) is 5. The quantitative estimate of drug-likeness (QED) is 0.343. The number of thiazole rings is 1. The lowest BCUT2D eigenvalue weighted by molar-refractivity contribution is -0.113. The van der Waals surface area contributed by atoms with E-state index in [1.54, 1.807) is 18.0 Å². The number of anilines is 1. The maximum absolute atomic E-state index is 12.4. The molecule has 31 heavy (non-hydrogen) atoms. The number of fused-ring (bicyclic) bond motifs is 1. The van der Waals surface area contributed by atoms with Crippen molar-refractivity contribution in [2.24, 2.45) is 0 Å². The number of amides is 1. The van der Waals surface area contributed by atoms with Crippen molar-refractivity contribution >= 4 is 45.2 Å². The average Bonchev–Trinajstić information content (AvgIpc) is 3.39. The van der Waals surface area contributed by atoms with E-state index < -0.39 is 0 Å². The Bertz CT molecular complexity index is 1210. The van der Waals surface area contributed by atoms with Crippen molar-refractivity contribution in [2.75, 3.05) is 18.2 Å². The van der Waals surface area contributed by atoms with Gasteiger partial charge in [-0.05, 0) is 24.3 Å². The highest BCUT2D eigenvalue weighted by Gasteiger charge is 2.18. The first-order chi connectivity index (χ1) is 14.8. The minimum Gasteiger partial charge on any atom is -0.497 e. The van der Waals surface area contributed by atoms with Crippen LogP contribution in [0.15, 0.2) is 47.2 Å². The summed E-state index contributed by atoms with van der Waals surface area (Å²) in [6.07, 6.45) is 3.21. The van der Waals surface area contributed by atoms with Crippen LogP contribution >= 0.6 is 23.1 Å². The molecule has 8 nitrogen and oxygen atoms in total. The zero-order valence-electron chi connectivity index (χ0n) is 17.6. The topological polar surface area (TPSA) is 94.8 Å². The summed E-state index contributed by atoms with van der Waals surface area (Å²) < 4.78 is 6.95. The number of carbonyl (C=O) groups excluding carboxylic acids is 1. The first-order valence-corrected chi connectivity index (χ1v) is 11.4. The van der Waals surface area contributed by atoms with Crippen molar-refractivity contribution in [1.82, 2.24) is 24.7 Å². The van der Waals surface area contributed by atoms with E-state index in [1.807, 2.05) is 29.6 Å². The number of hydrogen-bond acceptors (Lipinski definition) is 8. The molecule has 0 bridgehead atoms. The summed E-state index contributed by atoms with van der Waals surface area (Å²) in [7, 11) is 1.63. The molecule has 0 saturated carbocycles. The molecule has 4 aromatic rings. The van der Waals surface area contributed by atoms with Crippen molar-refractivity contribution in [3.05, 3.63) is 47.9 Å². The first kappa shape index (κ1) is 21.3. The highest BCUT2D eigenvalue weighted by Crippen LogP contribution is 2.28. The minimum absolute atomic E-state index is 0.0508. The predicted molar refractivity (Wildman–Crippen MR) is 123 cm³/mol. The Labute approximate surface area is 188 Å². The summed E-state index contributed by atoms with van der Waals surface area (Å²) in [6.45, 7) is 6.28. The van der Waals surface area contributed by atoms with Crippen LogP contribution in [0.3, 0.4) is 0 Å². The van der Waals surface area contributed by atoms with Crippen molar-refractivity contribution < 1.29 is 9.53 Å². The fourth-order valence-electron chi connectivity index (χ4n) is 2.81. The molecular weight excluding hydrogens is 432 g/mol. The fraction of sp³-hybridized carbons (Fsp3) is 0.286. The van der Waals surface area contributed by atoms with Crippen LogP contribution in [0.25, 0.3) is 16.7 Å². The number of thioether (sulfide) groups is 1. The van der Waals surface area contributed by atoms with Gasteiger partial charge in [-0.25, -0.2) is 19.6 Å². The van der Waals surface area contributed by atoms with Gasteiger partial charge in [-0.1, -0.05) is 32.5 Å². The molecule has 160 valence electrons. The van der Waals surface area contributed by atoms with E-state index in [0.717, 1.165) is 22.5 Å². The highest BCUT2D eigenvalue weighted by molar-refractivity contribution is 8.00. The Kier molecular flexibility index (Phi) is 5.92. The largest absolute Gasteiger partial charge is 0.497 e. The normalized spacial score (nSPS) is 11.6. The van der Waals surface area contributed by atoms with E-state index in [1.165, 1.54) is 29.4 Å². The molecule has 0 aliphatic heterocycles. The van der Waals surface area contributed by atoms with Gasteiger partial charge in [-0.3, -0.25) is 4.79 Å². The molecule has 0 fully saturated rings. The third kappa shape index (κ3) is 4.70. The maximum atomic E-state index is 12.4. The van der Waals surface area contributed by atoms with E-state index in [2.05, 4.69) is 46.1 Å². The number of benzene rings is 1. The Balaban J connectivity index is 1.47. The molecule has 0 spiro atoms. The molecule has 0 radical (unpaired) electrons. The van der Waals surface area contributed by atoms with E-state index >= 15 is 0 Å². The number of nitrogens with one attached hydrogen (secondary N) is 1. The van der Waals surface area contributed by atoms with Gasteiger partial charge in [-0.15, -0.1) is 11.3 Å². The van der Waals surface area contributed by atoms with Crippen molar-refractivity contribution in [1.29, 1.82) is 0 Å². The summed E-state index contributed by atoms with van der Waals surface area (Å²) in [4.78, 5) is 25.7. The SMILES string of the molecule is COc1ccc(-n2ncc3c(SCC(=O)Nc4nc(C(C)(C)C)cs4)ncnc32)cc1. The van der Waals surface area contributed by atoms with Crippen LogP contribution in [0.2, 0.25) is 0 Å². The van der Waals surface area contributed by atoms with Gasteiger partial charge in [0.15, 0.2) is 10.8 Å². The predicted octanol–water partition coefficient (Wildman–Crippen LogP) is 4.31. The van der Waals surface area contributed by atoms with Gasteiger partial charge in [0, 0.05) is 10.8 Å². The first-order valence-electron chi connectivity index (χ1n) is 9.57. The van der Waals surface area contributed by atoms with Crippen LogP contribution in [-0.2, 0) is 10.2 Å². The van der Waals surface area contributed by atoms with Gasteiger partial charge in [0.1, 0.15) is 17.1 Å². The molecule has 0 saturated heterocycles. The summed E-state index contributed by atoms with van der Waals surface area (Å²) in [5.74, 6) is 0.852. The van der Waals surface area contributed by atoms with Crippen LogP contribution in [0.1, 0.15) is 26.5 Å². The molecule has 0 aliphatic carbocycles. The van der Waals surface area contributed by atoms with Gasteiger partial charge in [-0.2, -0.15) is 5.10 Å². The Morgan fingerprint density at radius 1 is 1.23 bits per heavy atom. The van der Waals surface area contributed by atoms with E-state index in [-0.39, 0.29) is 17.1 Å². The van der Waals surface area contributed by atoms with Crippen LogP contribution in [0.5, 0.6) is 5.75 Å². The Hall–Kier alpha value is -2.98. The van der Waals surface area contributed by atoms with E-state index in [9.17, 15) is 4.79 Å². The van der Waals surface area contributed by atoms with Crippen molar-refractivity contribution in [3.8, 4) is 11.4 Å². The molecule has 1 N–H and O–H groups in total. The number of carbonyl (C=O) groups is 1. The summed E-state index contributed by atoms with van der Waals surface area (Å²) in [5.41, 5.74) is 2.45. The number of ether oxygens (including phenoxy) is 1. The minimum atomic E-state index is -0.130. The van der Waals surface area contributed by atoms with Crippen LogP contribution in [0.4, 0.5) is 5.13 Å². The van der Waals surface area contributed by atoms with E-state index in [0.29, 0.717) is 15.8 Å². The van der Waals surface area contributed by atoms with Crippen molar-refractivity contribution in [2.45, 2.75) is 31.2 Å². The van der Waals surface area contributed by atoms with Crippen LogP contribution < -0.4 is 10.1 Å². The third-order valence-electron chi connectivity index (χ3n) is 4.51. The lowest BCUT2D eigenvalue weighted by Gasteiger charge is -2.14. The number of hydrogen-bond donors (Lipinski definition) is 1. The van der Waals surface area contributed by atoms with Gasteiger partial charge in [0.05, 0.1) is 35.8 Å². The van der Waals surface area contributed by atoms with E-state index in [4.69, 9.17) is 4.74 Å². The van der Waals surface area contributed by atoms with Crippen LogP contribution in [0, 0.1) is 0 Å². The molecule has 1 aromatic carbocycles. The smallest absolute Gasteiger partial charge is 0.236 e. The molecule has 3 aromatic heterocycles. The zero-order chi connectivity index (χ0) is 22.0. The van der Waals surface area contributed by atoms with Crippen molar-refractivity contribution in [3.63, 3.8) is 0 Å². The number of methoxy groups -OCH3 is 1. The summed E-state index contributed by atoms with van der Waals surface area (Å²) in [6, 6.07) is 7.56. The summed E-state index contributed by atoms with van der Waals surface area (Å²) in [5, 5.41) is 11.4. The molecule has 0 unspecified atom stereocenters. The molecule has 0 aliphatic rings. The van der Waals surface area contributed by atoms with Crippen LogP contribution in [-0.4, -0.2) is 43.5 Å². The van der Waals surface area contributed by atoms with Gasteiger partial charge in [0.25, 0.3) is 0 Å². The van der Waals surface area contributed by atoms with Gasteiger partial charge < -0.3 is 10.1 Å². The summed E-state index contributed by atoms with van der Waals surface area (Å²) >= 11 is 2.78. The highest BCUT2D eigenvalue weighted by atomic mass is 32.2. The fourth-order valence-corrected chi connectivity index (χ4v) is 4.53. The average molecular weight is 455 g/mol. The molecule has 4 rings (SSSR count). The molecule has 3 heterocycles. The molecule has 0 atom stereocenters. The molecule has 1 amide bonds. The lowest BCUT2D eigenvalue weighted by atomic mass is 9.93. The standard InChI is InChI=1S/C21H22N6O2S2/c1-21(2,3)16-10-31-20(25-16)26-17(28)11-30-19-15-9-24-27(18(15)22-12-23-19)13-5-7-14(29-4)8-6-13/h5-10,12H,11H2,1-4H3,(H,25,26,28). The second-order valence-electron chi connectivity index (χ2n) is 7.80. The van der Waals surface area contributed by atoms with Gasteiger partial charge >= 0.3 is 0 Å². The third-order valence-corrected chi connectivity index (χ3v) is 6.27.